The van der Waals surface area contributed by atoms with Gasteiger partial charge in [-0.2, -0.15) is 0 Å². The van der Waals surface area contributed by atoms with Gasteiger partial charge in [-0.15, -0.1) is 0 Å². The summed E-state index contributed by atoms with van der Waals surface area (Å²) in [6.45, 7) is 6.68. The molecule has 1 aromatic rings. The third-order valence-corrected chi connectivity index (χ3v) is 9.91. The van der Waals surface area contributed by atoms with Crippen LogP contribution >= 0.6 is 21.6 Å². The van der Waals surface area contributed by atoms with Crippen molar-refractivity contribution in [2.24, 2.45) is 5.73 Å². The van der Waals surface area contributed by atoms with Gasteiger partial charge in [-0.1, -0.05) is 72.7 Å². The maximum atomic E-state index is 13.2. The zero-order valence-electron chi connectivity index (χ0n) is 22.9. The van der Waals surface area contributed by atoms with E-state index in [0.29, 0.717) is 18.6 Å². The van der Waals surface area contributed by atoms with Crippen molar-refractivity contribution in [3.05, 3.63) is 35.9 Å². The highest BCUT2D eigenvalue weighted by atomic mass is 33.1. The van der Waals surface area contributed by atoms with Crippen LogP contribution in [0.3, 0.4) is 0 Å². The number of nitrogens with two attached hydrogens (primary N) is 1. The predicted octanol–water partition coefficient (Wildman–Crippen LogP) is 2.08. The molecule has 6 atom stereocenters. The van der Waals surface area contributed by atoms with E-state index in [9.17, 15) is 23.7 Å². The first-order chi connectivity index (χ1) is 18.4. The van der Waals surface area contributed by atoms with Crippen LogP contribution in [0.2, 0.25) is 0 Å². The van der Waals surface area contributed by atoms with Gasteiger partial charge in [0, 0.05) is 39.9 Å². The zero-order chi connectivity index (χ0) is 29.0. The number of aliphatic carboxylic acids is 1. The van der Waals surface area contributed by atoms with Crippen molar-refractivity contribution in [1.82, 2.24) is 10.6 Å². The van der Waals surface area contributed by atoms with E-state index >= 15 is 0 Å². The minimum Gasteiger partial charge on any atom is -0.480 e. The first-order valence-electron chi connectivity index (χ1n) is 12.8. The van der Waals surface area contributed by atoms with E-state index in [2.05, 4.69) is 31.4 Å². The second-order valence-electron chi connectivity index (χ2n) is 10.4. The van der Waals surface area contributed by atoms with E-state index < -0.39 is 53.1 Å². The number of carboxylic acid groups (broad SMARTS) is 1. The molecule has 0 radical (unpaired) electrons. The molecular weight excluding hydrogens is 563 g/mol. The first-order valence-corrected chi connectivity index (χ1v) is 16.9. The Morgan fingerprint density at radius 2 is 1.92 bits per heavy atom. The van der Waals surface area contributed by atoms with E-state index in [1.165, 1.54) is 6.26 Å². The van der Waals surface area contributed by atoms with Crippen molar-refractivity contribution < 1.29 is 33.2 Å². The SMILES string of the molecule is CS(=O)CC[C@H](NC(=O)[C@H]1O[C@H](CNC(=O)[C@@H](N)CSSC(C)(C)C)CC[C@@H]1OCc1ccccc1)C(=O)O. The smallest absolute Gasteiger partial charge is 0.326 e. The fourth-order valence-corrected chi connectivity index (χ4v) is 6.69. The van der Waals surface area contributed by atoms with Gasteiger partial charge in [0.05, 0.1) is 24.9 Å². The fraction of sp³-hybridized carbons (Fsp3) is 0.654. The molecule has 0 aromatic heterocycles. The molecule has 39 heavy (non-hydrogen) atoms. The number of carbonyl (C=O) groups is 3. The molecule has 2 rings (SSSR count). The highest BCUT2D eigenvalue weighted by Gasteiger charge is 2.38. The van der Waals surface area contributed by atoms with Crippen LogP contribution in [0.1, 0.15) is 45.6 Å². The molecule has 1 aliphatic rings. The van der Waals surface area contributed by atoms with E-state index in [4.69, 9.17) is 15.2 Å². The van der Waals surface area contributed by atoms with Crippen molar-refractivity contribution in [2.45, 2.75) is 81.8 Å². The normalized spacial score (nSPS) is 21.9. The van der Waals surface area contributed by atoms with Crippen molar-refractivity contribution >= 4 is 50.2 Å². The van der Waals surface area contributed by atoms with Crippen molar-refractivity contribution in [2.75, 3.05) is 24.3 Å². The number of carboxylic acids is 1. The van der Waals surface area contributed by atoms with Gasteiger partial charge in [0.15, 0.2) is 6.10 Å². The molecule has 0 bridgehead atoms. The molecule has 1 unspecified atom stereocenters. The van der Waals surface area contributed by atoms with E-state index in [0.717, 1.165) is 5.56 Å². The molecule has 1 heterocycles. The van der Waals surface area contributed by atoms with E-state index in [1.54, 1.807) is 21.6 Å². The zero-order valence-corrected chi connectivity index (χ0v) is 25.4. The lowest BCUT2D eigenvalue weighted by Gasteiger charge is -2.36. The van der Waals surface area contributed by atoms with Gasteiger partial charge >= 0.3 is 5.97 Å². The van der Waals surface area contributed by atoms with Crippen LogP contribution in [0, 0.1) is 0 Å². The van der Waals surface area contributed by atoms with E-state index in [1.807, 2.05) is 30.3 Å². The van der Waals surface area contributed by atoms with Crippen molar-refractivity contribution in [3.63, 3.8) is 0 Å². The lowest BCUT2D eigenvalue weighted by atomic mass is 9.99. The summed E-state index contributed by atoms with van der Waals surface area (Å²) < 4.78 is 23.6. The average molecular weight is 604 g/mol. The molecule has 0 spiro atoms. The van der Waals surface area contributed by atoms with Gasteiger partial charge in [0.25, 0.3) is 5.91 Å². The molecule has 220 valence electrons. The maximum absolute atomic E-state index is 13.2. The minimum absolute atomic E-state index is 0.0231. The predicted molar refractivity (Wildman–Crippen MR) is 157 cm³/mol. The fourth-order valence-electron chi connectivity index (χ4n) is 3.69. The standard InChI is InChI=1S/C26H41N3O7S3/c1-26(2,3)38-37-16-19(27)23(30)28-14-18-10-11-21(35-15-17-8-6-5-7-9-17)22(36-18)24(31)29-20(25(32)33)12-13-39(4)34/h5-9,18-22H,10-16,27H2,1-4H3,(H,28,30)(H,29,31)(H,32,33)/t18-,19-,20-,21-,22-,39?/m0/s1. The molecule has 0 saturated carbocycles. The number of ether oxygens (including phenoxy) is 2. The average Bonchev–Trinajstić information content (AvgIpc) is 2.88. The summed E-state index contributed by atoms with van der Waals surface area (Å²) in [4.78, 5) is 37.4. The highest BCUT2D eigenvalue weighted by Crippen LogP contribution is 2.35. The third kappa shape index (κ3) is 13.0. The van der Waals surface area contributed by atoms with E-state index in [-0.39, 0.29) is 36.0 Å². The first kappa shape index (κ1) is 33.6. The number of benzene rings is 1. The van der Waals surface area contributed by atoms with Crippen LogP contribution in [-0.2, 0) is 41.3 Å². The number of hydrogen-bond donors (Lipinski definition) is 4. The van der Waals surface area contributed by atoms with Crippen LogP contribution in [0.4, 0.5) is 0 Å². The largest absolute Gasteiger partial charge is 0.480 e. The Balaban J connectivity index is 2.00. The van der Waals surface area contributed by atoms with Gasteiger partial charge in [-0.05, 0) is 24.8 Å². The summed E-state index contributed by atoms with van der Waals surface area (Å²) in [5.41, 5.74) is 6.97. The summed E-state index contributed by atoms with van der Waals surface area (Å²) >= 11 is 0. The van der Waals surface area contributed by atoms with Crippen LogP contribution in [0.5, 0.6) is 0 Å². The van der Waals surface area contributed by atoms with Crippen molar-refractivity contribution in [1.29, 1.82) is 0 Å². The Morgan fingerprint density at radius 1 is 1.23 bits per heavy atom. The van der Waals surface area contributed by atoms with Gasteiger partial charge in [-0.3, -0.25) is 13.8 Å². The van der Waals surface area contributed by atoms with Crippen LogP contribution in [-0.4, -0.2) is 86.5 Å². The highest BCUT2D eigenvalue weighted by molar-refractivity contribution is 8.77. The van der Waals surface area contributed by atoms with Crippen LogP contribution in [0.25, 0.3) is 0 Å². The van der Waals surface area contributed by atoms with Gasteiger partial charge in [0.2, 0.25) is 5.91 Å². The van der Waals surface area contributed by atoms with Crippen LogP contribution < -0.4 is 16.4 Å². The Bertz CT molecular complexity index is 962. The summed E-state index contributed by atoms with van der Waals surface area (Å²) in [6, 6.07) is 7.59. The van der Waals surface area contributed by atoms with Gasteiger partial charge in [-0.25, -0.2) is 4.79 Å². The second-order valence-corrected chi connectivity index (χ2v) is 15.1. The number of rotatable bonds is 15. The Morgan fingerprint density at radius 3 is 2.54 bits per heavy atom. The molecule has 5 N–H and O–H groups in total. The monoisotopic (exact) mass is 603 g/mol. The summed E-state index contributed by atoms with van der Waals surface area (Å²) in [5, 5.41) is 14.9. The molecule has 2 amide bonds. The van der Waals surface area contributed by atoms with Gasteiger partial charge < -0.3 is 30.9 Å². The summed E-state index contributed by atoms with van der Waals surface area (Å²) in [6.07, 6.45) is 0.347. The van der Waals surface area contributed by atoms with Gasteiger partial charge in [0.1, 0.15) is 6.04 Å². The molecule has 10 nitrogen and oxygen atoms in total. The molecule has 1 aromatic carbocycles. The number of hydrogen-bond acceptors (Lipinski definition) is 9. The summed E-state index contributed by atoms with van der Waals surface area (Å²) in [5.74, 6) is -1.54. The Hall–Kier alpha value is -1.64. The number of nitrogens with one attached hydrogen (secondary N) is 2. The molecule has 0 aliphatic carbocycles. The van der Waals surface area contributed by atoms with Crippen LogP contribution in [0.15, 0.2) is 30.3 Å². The molecular formula is C26H41N3O7S3. The minimum atomic E-state index is -1.22. The molecule has 13 heteroatoms. The lowest BCUT2D eigenvalue weighted by molar-refractivity contribution is -0.169. The van der Waals surface area contributed by atoms with Crippen molar-refractivity contribution in [3.8, 4) is 0 Å². The lowest BCUT2D eigenvalue weighted by Crippen LogP contribution is -2.55. The number of carbonyl (C=O) groups excluding carboxylic acids is 2. The second kappa shape index (κ2) is 16.6. The maximum Gasteiger partial charge on any atom is 0.326 e. The molecule has 1 saturated heterocycles. The molecule has 1 fully saturated rings. The quantitative estimate of drug-likeness (QED) is 0.219. The third-order valence-electron chi connectivity index (χ3n) is 5.72. The molecule has 1 aliphatic heterocycles. The topological polar surface area (TPSA) is 157 Å². The summed E-state index contributed by atoms with van der Waals surface area (Å²) in [7, 11) is 2.00. The number of amides is 2. The Kier molecular flexibility index (Phi) is 14.3. The Labute approximate surface area is 241 Å².